The van der Waals surface area contributed by atoms with Crippen LogP contribution in [0.2, 0.25) is 0 Å². The number of carbonyl (C=O) groups excluding carboxylic acids is 1. The third kappa shape index (κ3) is 3.78. The molecule has 0 radical (unpaired) electrons. The summed E-state index contributed by atoms with van der Waals surface area (Å²) in [6.07, 6.45) is 2.59. The van der Waals surface area contributed by atoms with Gasteiger partial charge in [0.1, 0.15) is 0 Å². The summed E-state index contributed by atoms with van der Waals surface area (Å²) in [5, 5.41) is 0. The van der Waals surface area contributed by atoms with Crippen LogP contribution in [-0.4, -0.2) is 28.2 Å². The Balaban J connectivity index is 2.57. The molecule has 0 bridgehead atoms. The molecule has 0 aliphatic heterocycles. The monoisotopic (exact) mass is 275 g/mol. The average molecular weight is 276 g/mol. The molecule has 1 fully saturated rings. The van der Waals surface area contributed by atoms with E-state index in [-0.39, 0.29) is 10.7 Å². The fraction of sp³-hybridized carbons (Fsp3) is 0.917. The van der Waals surface area contributed by atoms with E-state index in [4.69, 9.17) is 0 Å². The molecule has 1 rings (SSSR count). The van der Waals surface area contributed by atoms with Crippen LogP contribution in [0.4, 0.5) is 0 Å². The summed E-state index contributed by atoms with van der Waals surface area (Å²) in [5.41, 5.74) is 0. The van der Waals surface area contributed by atoms with E-state index >= 15 is 0 Å². The van der Waals surface area contributed by atoms with E-state index in [0.717, 1.165) is 12.5 Å². The van der Waals surface area contributed by atoms with Crippen LogP contribution in [0.25, 0.3) is 0 Å². The lowest BCUT2D eigenvalue weighted by molar-refractivity contribution is -0.133. The van der Waals surface area contributed by atoms with Gasteiger partial charge >= 0.3 is 0 Å². The molecule has 0 heterocycles. The van der Waals surface area contributed by atoms with Gasteiger partial charge in [-0.05, 0) is 38.5 Å². The predicted octanol–water partition coefficient (Wildman–Crippen LogP) is 3.05. The zero-order valence-corrected chi connectivity index (χ0v) is 11.8. The normalized spacial score (nSPS) is 18.3. The van der Waals surface area contributed by atoms with Gasteiger partial charge < -0.3 is 4.90 Å². The maximum atomic E-state index is 12.2. The number of halogens is 1. The van der Waals surface area contributed by atoms with Gasteiger partial charge in [0.15, 0.2) is 0 Å². The minimum absolute atomic E-state index is 0.0290. The molecular weight excluding hydrogens is 254 g/mol. The highest BCUT2D eigenvalue weighted by Gasteiger charge is 2.31. The highest BCUT2D eigenvalue weighted by atomic mass is 79.9. The van der Waals surface area contributed by atoms with Gasteiger partial charge in [0.25, 0.3) is 0 Å². The summed E-state index contributed by atoms with van der Waals surface area (Å²) in [6, 6.07) is 0.317. The Morgan fingerprint density at radius 3 is 2.20 bits per heavy atom. The average Bonchev–Trinajstić information content (AvgIpc) is 2.94. The fourth-order valence-electron chi connectivity index (χ4n) is 1.58. The summed E-state index contributed by atoms with van der Waals surface area (Å²) < 4.78 is 0. The van der Waals surface area contributed by atoms with Gasteiger partial charge in [-0.1, -0.05) is 29.8 Å². The second-order valence-electron chi connectivity index (χ2n) is 5.17. The molecule has 1 aliphatic rings. The zero-order valence-electron chi connectivity index (χ0n) is 10.2. The Morgan fingerprint density at radius 2 is 1.87 bits per heavy atom. The molecule has 0 aromatic rings. The van der Waals surface area contributed by atoms with Gasteiger partial charge in [0.2, 0.25) is 5.91 Å². The fourth-order valence-corrected chi connectivity index (χ4v) is 1.84. The first-order valence-corrected chi connectivity index (χ1v) is 6.79. The molecule has 1 atom stereocenters. The number of nitrogens with zero attached hydrogens (tertiary/aromatic N) is 1. The molecule has 1 amide bonds. The summed E-state index contributed by atoms with van der Waals surface area (Å²) in [7, 11) is 0. The Morgan fingerprint density at radius 1 is 1.33 bits per heavy atom. The van der Waals surface area contributed by atoms with Gasteiger partial charge in [-0.25, -0.2) is 0 Å². The third-order valence-corrected chi connectivity index (χ3v) is 4.33. The summed E-state index contributed by atoms with van der Waals surface area (Å²) in [5.74, 6) is 1.38. The largest absolute Gasteiger partial charge is 0.339 e. The standard InChI is InChI=1S/C12H22BrNO/c1-8(2)11(13)12(15)14(9(3)4)7-10-5-6-10/h8-11H,5-7H2,1-4H3. The minimum atomic E-state index is -0.0290. The minimum Gasteiger partial charge on any atom is -0.339 e. The first-order chi connectivity index (χ1) is 6.93. The second kappa shape index (κ2) is 5.33. The van der Waals surface area contributed by atoms with Crippen molar-refractivity contribution in [3.63, 3.8) is 0 Å². The smallest absolute Gasteiger partial charge is 0.236 e. The Hall–Kier alpha value is -0.0500. The molecule has 15 heavy (non-hydrogen) atoms. The van der Waals surface area contributed by atoms with Gasteiger partial charge in [0.05, 0.1) is 4.83 Å². The van der Waals surface area contributed by atoms with Crippen LogP contribution in [0.5, 0.6) is 0 Å². The van der Waals surface area contributed by atoms with Crippen molar-refractivity contribution in [3.05, 3.63) is 0 Å². The molecular formula is C12H22BrNO. The van der Waals surface area contributed by atoms with Crippen molar-refractivity contribution < 1.29 is 4.79 Å². The van der Waals surface area contributed by atoms with Crippen LogP contribution < -0.4 is 0 Å². The quantitative estimate of drug-likeness (QED) is 0.707. The first kappa shape index (κ1) is 13.0. The molecule has 2 nitrogen and oxygen atoms in total. The molecule has 0 N–H and O–H groups in total. The van der Waals surface area contributed by atoms with Crippen molar-refractivity contribution in [1.82, 2.24) is 4.90 Å². The maximum absolute atomic E-state index is 12.2. The summed E-state index contributed by atoms with van der Waals surface area (Å²) >= 11 is 3.50. The number of hydrogen-bond acceptors (Lipinski definition) is 1. The van der Waals surface area contributed by atoms with E-state index in [1.807, 2.05) is 4.90 Å². The first-order valence-electron chi connectivity index (χ1n) is 5.88. The van der Waals surface area contributed by atoms with E-state index in [1.165, 1.54) is 12.8 Å². The van der Waals surface area contributed by atoms with Crippen molar-refractivity contribution in [3.8, 4) is 0 Å². The molecule has 0 saturated heterocycles. The van der Waals surface area contributed by atoms with E-state index in [0.29, 0.717) is 12.0 Å². The Labute approximate surface area is 102 Å². The zero-order chi connectivity index (χ0) is 11.6. The summed E-state index contributed by atoms with van der Waals surface area (Å²) in [4.78, 5) is 14.2. The lowest BCUT2D eigenvalue weighted by Gasteiger charge is -2.30. The number of hydrogen-bond donors (Lipinski definition) is 0. The summed E-state index contributed by atoms with van der Waals surface area (Å²) in [6.45, 7) is 9.30. The molecule has 0 aromatic heterocycles. The number of amides is 1. The predicted molar refractivity (Wildman–Crippen MR) is 67.1 cm³/mol. The van der Waals surface area contributed by atoms with Gasteiger partial charge in [0, 0.05) is 12.6 Å². The van der Waals surface area contributed by atoms with Crippen molar-refractivity contribution in [2.24, 2.45) is 11.8 Å². The van der Waals surface area contributed by atoms with Crippen LogP contribution in [0.3, 0.4) is 0 Å². The van der Waals surface area contributed by atoms with Gasteiger partial charge in [-0.3, -0.25) is 4.79 Å². The van der Waals surface area contributed by atoms with E-state index < -0.39 is 0 Å². The van der Waals surface area contributed by atoms with Crippen LogP contribution in [0, 0.1) is 11.8 Å². The molecule has 1 unspecified atom stereocenters. The van der Waals surface area contributed by atoms with Gasteiger partial charge in [-0.15, -0.1) is 0 Å². The van der Waals surface area contributed by atoms with Crippen LogP contribution >= 0.6 is 15.9 Å². The van der Waals surface area contributed by atoms with Crippen molar-refractivity contribution in [2.45, 2.75) is 51.4 Å². The topological polar surface area (TPSA) is 20.3 Å². The second-order valence-corrected chi connectivity index (χ2v) is 6.16. The highest BCUT2D eigenvalue weighted by molar-refractivity contribution is 9.10. The van der Waals surface area contributed by atoms with Crippen LogP contribution in [0.1, 0.15) is 40.5 Å². The SMILES string of the molecule is CC(C)C(Br)C(=O)N(CC1CC1)C(C)C. The molecule has 1 aliphatic carbocycles. The number of carbonyl (C=O) groups is 1. The molecule has 0 aromatic carbocycles. The van der Waals surface area contributed by atoms with E-state index in [2.05, 4.69) is 43.6 Å². The Bertz CT molecular complexity index is 224. The molecule has 0 spiro atoms. The van der Waals surface area contributed by atoms with Gasteiger partial charge in [-0.2, -0.15) is 0 Å². The van der Waals surface area contributed by atoms with Crippen molar-refractivity contribution in [1.29, 1.82) is 0 Å². The third-order valence-electron chi connectivity index (χ3n) is 2.88. The van der Waals surface area contributed by atoms with Crippen LogP contribution in [-0.2, 0) is 4.79 Å². The number of alkyl halides is 1. The Kier molecular flexibility index (Phi) is 4.63. The molecule has 88 valence electrons. The molecule has 1 saturated carbocycles. The van der Waals surface area contributed by atoms with Crippen molar-refractivity contribution in [2.75, 3.05) is 6.54 Å². The number of rotatable bonds is 5. The maximum Gasteiger partial charge on any atom is 0.236 e. The van der Waals surface area contributed by atoms with Crippen molar-refractivity contribution >= 4 is 21.8 Å². The van der Waals surface area contributed by atoms with E-state index in [9.17, 15) is 4.79 Å². The van der Waals surface area contributed by atoms with E-state index in [1.54, 1.807) is 0 Å². The lowest BCUT2D eigenvalue weighted by atomic mass is 10.1. The highest BCUT2D eigenvalue weighted by Crippen LogP contribution is 2.31. The lowest BCUT2D eigenvalue weighted by Crippen LogP contribution is -2.44. The molecule has 3 heteroatoms. The van der Waals surface area contributed by atoms with Crippen LogP contribution in [0.15, 0.2) is 0 Å².